The van der Waals surface area contributed by atoms with Crippen LogP contribution in [0, 0.1) is 12.7 Å². The van der Waals surface area contributed by atoms with Crippen LogP contribution in [0.15, 0.2) is 36.4 Å². The third-order valence-electron chi connectivity index (χ3n) is 2.92. The number of hydrogen-bond donors (Lipinski definition) is 3. The molecule has 0 aliphatic rings. The number of nitrogens with one attached hydrogen (secondary N) is 2. The summed E-state index contributed by atoms with van der Waals surface area (Å²) in [6.07, 6.45) is 0. The van der Waals surface area contributed by atoms with Crippen LogP contribution in [0.3, 0.4) is 0 Å². The lowest BCUT2D eigenvalue weighted by Gasteiger charge is -2.12. The van der Waals surface area contributed by atoms with Crippen LogP contribution in [0.5, 0.6) is 0 Å². The lowest BCUT2D eigenvalue weighted by Crippen LogP contribution is -2.18. The summed E-state index contributed by atoms with van der Waals surface area (Å²) >= 11 is 5.98. The summed E-state index contributed by atoms with van der Waals surface area (Å²) in [6.45, 7) is 1.78. The second kappa shape index (κ2) is 5.90. The Kier molecular flexibility index (Phi) is 4.22. The van der Waals surface area contributed by atoms with Gasteiger partial charge in [0.2, 0.25) is 0 Å². The van der Waals surface area contributed by atoms with Crippen molar-refractivity contribution in [2.75, 3.05) is 10.7 Å². The van der Waals surface area contributed by atoms with Crippen molar-refractivity contribution >= 4 is 28.9 Å². The first-order chi connectivity index (χ1) is 9.54. The minimum atomic E-state index is -0.594. The maximum atomic E-state index is 13.5. The Morgan fingerprint density at radius 3 is 2.65 bits per heavy atom. The van der Waals surface area contributed by atoms with Gasteiger partial charge in [-0.2, -0.15) is 0 Å². The second-order valence-corrected chi connectivity index (χ2v) is 4.58. The zero-order valence-electron chi connectivity index (χ0n) is 10.7. The van der Waals surface area contributed by atoms with Gasteiger partial charge in [0.15, 0.2) is 0 Å². The Hall–Kier alpha value is -2.11. The Labute approximate surface area is 120 Å². The molecule has 0 unspecified atom stereocenters. The number of para-hydroxylation sites is 1. The van der Waals surface area contributed by atoms with Gasteiger partial charge in [0.05, 0.1) is 11.3 Å². The van der Waals surface area contributed by atoms with Gasteiger partial charge in [-0.3, -0.25) is 10.6 Å². The first-order valence-electron chi connectivity index (χ1n) is 5.86. The number of benzene rings is 2. The van der Waals surface area contributed by atoms with Crippen molar-refractivity contribution < 1.29 is 9.18 Å². The molecule has 0 spiro atoms. The number of nitrogens with two attached hydrogens (primary N) is 1. The van der Waals surface area contributed by atoms with Crippen LogP contribution in [-0.2, 0) is 0 Å². The van der Waals surface area contributed by atoms with Crippen molar-refractivity contribution in [1.82, 2.24) is 0 Å². The van der Waals surface area contributed by atoms with E-state index in [0.717, 1.165) is 5.56 Å². The highest BCUT2D eigenvalue weighted by molar-refractivity contribution is 6.31. The van der Waals surface area contributed by atoms with Crippen LogP contribution in [0.2, 0.25) is 5.02 Å². The minimum absolute atomic E-state index is 0.0512. The Balaban J connectivity index is 2.34. The van der Waals surface area contributed by atoms with Crippen molar-refractivity contribution in [3.8, 4) is 0 Å². The Morgan fingerprint density at radius 2 is 1.95 bits per heavy atom. The van der Waals surface area contributed by atoms with E-state index >= 15 is 0 Å². The van der Waals surface area contributed by atoms with Crippen molar-refractivity contribution in [2.45, 2.75) is 6.92 Å². The fourth-order valence-corrected chi connectivity index (χ4v) is 1.97. The van der Waals surface area contributed by atoms with Crippen LogP contribution in [0.4, 0.5) is 15.8 Å². The van der Waals surface area contributed by atoms with Crippen molar-refractivity contribution in [3.63, 3.8) is 0 Å². The summed E-state index contributed by atoms with van der Waals surface area (Å²) in [4.78, 5) is 12.2. The number of carbonyl (C=O) groups excluding carboxylic acids is 1. The zero-order chi connectivity index (χ0) is 14.7. The maximum Gasteiger partial charge on any atom is 0.257 e. The molecule has 2 rings (SSSR count). The molecule has 104 valence electrons. The molecule has 0 aliphatic heterocycles. The van der Waals surface area contributed by atoms with Gasteiger partial charge in [-0.1, -0.05) is 23.7 Å². The average Bonchev–Trinajstić information content (AvgIpc) is 2.43. The topological polar surface area (TPSA) is 67.2 Å². The summed E-state index contributed by atoms with van der Waals surface area (Å²) in [5.74, 6) is 4.18. The van der Waals surface area contributed by atoms with Crippen molar-refractivity contribution in [2.24, 2.45) is 5.84 Å². The molecule has 4 N–H and O–H groups in total. The normalized spacial score (nSPS) is 10.2. The van der Waals surface area contributed by atoms with Gasteiger partial charge in [-0.25, -0.2) is 4.39 Å². The molecule has 1 amide bonds. The highest BCUT2D eigenvalue weighted by Crippen LogP contribution is 2.25. The molecule has 20 heavy (non-hydrogen) atoms. The number of hydrogen-bond acceptors (Lipinski definition) is 3. The summed E-state index contributed by atoms with van der Waals surface area (Å²) < 4.78 is 13.5. The van der Waals surface area contributed by atoms with Crippen LogP contribution in [-0.4, -0.2) is 5.91 Å². The first-order valence-corrected chi connectivity index (χ1v) is 6.24. The highest BCUT2D eigenvalue weighted by Gasteiger charge is 2.15. The predicted molar refractivity (Wildman–Crippen MR) is 78.4 cm³/mol. The highest BCUT2D eigenvalue weighted by atomic mass is 35.5. The van der Waals surface area contributed by atoms with E-state index < -0.39 is 11.7 Å². The second-order valence-electron chi connectivity index (χ2n) is 4.17. The fraction of sp³-hybridized carbons (Fsp3) is 0.0714. The van der Waals surface area contributed by atoms with Crippen molar-refractivity contribution in [3.05, 3.63) is 58.4 Å². The monoisotopic (exact) mass is 293 g/mol. The number of nitrogen functional groups attached to an aromatic ring is 1. The molecule has 2 aromatic carbocycles. The molecular formula is C14H13ClFN3O. The van der Waals surface area contributed by atoms with Crippen LogP contribution in [0.1, 0.15) is 15.9 Å². The smallest absolute Gasteiger partial charge is 0.257 e. The lowest BCUT2D eigenvalue weighted by atomic mass is 10.1. The largest absolute Gasteiger partial charge is 0.322 e. The van der Waals surface area contributed by atoms with Crippen LogP contribution < -0.4 is 16.6 Å². The summed E-state index contributed by atoms with van der Waals surface area (Å²) in [5.41, 5.74) is 3.56. The quantitative estimate of drug-likeness (QED) is 0.601. The fourth-order valence-electron chi connectivity index (χ4n) is 1.79. The van der Waals surface area contributed by atoms with Crippen molar-refractivity contribution in [1.29, 1.82) is 0 Å². The number of amides is 1. The van der Waals surface area contributed by atoms with E-state index in [-0.39, 0.29) is 11.3 Å². The molecule has 4 nitrogen and oxygen atoms in total. The van der Waals surface area contributed by atoms with Gasteiger partial charge in [0, 0.05) is 10.7 Å². The van der Waals surface area contributed by atoms with Crippen LogP contribution >= 0.6 is 11.6 Å². The third kappa shape index (κ3) is 2.74. The SMILES string of the molecule is Cc1c(Cl)cccc1NC(=O)c1cccc(F)c1NN. The number of rotatable bonds is 3. The van der Waals surface area contributed by atoms with E-state index in [1.807, 2.05) is 0 Å². The zero-order valence-corrected chi connectivity index (χ0v) is 11.5. The summed E-state index contributed by atoms with van der Waals surface area (Å²) in [5, 5.41) is 3.22. The molecule has 0 aliphatic carbocycles. The molecule has 6 heteroatoms. The molecule has 2 aromatic rings. The van der Waals surface area contributed by atoms with Gasteiger partial charge in [0.25, 0.3) is 5.91 Å². The Morgan fingerprint density at radius 1 is 1.25 bits per heavy atom. The van der Waals surface area contributed by atoms with E-state index in [9.17, 15) is 9.18 Å². The maximum absolute atomic E-state index is 13.5. The predicted octanol–water partition coefficient (Wildman–Crippen LogP) is 3.33. The third-order valence-corrected chi connectivity index (χ3v) is 3.33. The molecular weight excluding hydrogens is 281 g/mol. The van der Waals surface area contributed by atoms with E-state index in [1.165, 1.54) is 18.2 Å². The van der Waals surface area contributed by atoms with E-state index in [2.05, 4.69) is 10.7 Å². The Bertz CT molecular complexity index is 661. The number of anilines is 2. The molecule has 0 saturated carbocycles. The molecule has 0 atom stereocenters. The van der Waals surface area contributed by atoms with Gasteiger partial charge >= 0.3 is 0 Å². The molecule has 0 bridgehead atoms. The minimum Gasteiger partial charge on any atom is -0.322 e. The van der Waals surface area contributed by atoms with Gasteiger partial charge < -0.3 is 10.7 Å². The molecule has 0 saturated heterocycles. The summed E-state index contributed by atoms with van der Waals surface area (Å²) in [6, 6.07) is 9.30. The van der Waals surface area contributed by atoms with Crippen LogP contribution in [0.25, 0.3) is 0 Å². The van der Waals surface area contributed by atoms with Gasteiger partial charge in [-0.15, -0.1) is 0 Å². The molecule has 0 aromatic heterocycles. The molecule has 0 fully saturated rings. The number of hydrazine groups is 1. The standard InChI is InChI=1S/C14H13ClFN3O/c1-8-10(15)5-3-7-12(8)18-14(20)9-4-2-6-11(16)13(9)19-17/h2-7,19H,17H2,1H3,(H,18,20). The molecule has 0 radical (unpaired) electrons. The number of carbonyl (C=O) groups is 1. The first kappa shape index (κ1) is 14.3. The summed E-state index contributed by atoms with van der Waals surface area (Å²) in [7, 11) is 0. The van der Waals surface area contributed by atoms with E-state index in [4.69, 9.17) is 17.4 Å². The lowest BCUT2D eigenvalue weighted by molar-refractivity contribution is 0.102. The van der Waals surface area contributed by atoms with Gasteiger partial charge in [-0.05, 0) is 36.8 Å². The van der Waals surface area contributed by atoms with E-state index in [1.54, 1.807) is 25.1 Å². The molecule has 0 heterocycles. The van der Waals surface area contributed by atoms with E-state index in [0.29, 0.717) is 10.7 Å². The number of halogens is 2. The van der Waals surface area contributed by atoms with Gasteiger partial charge in [0.1, 0.15) is 5.82 Å². The average molecular weight is 294 g/mol.